The third-order valence-corrected chi connectivity index (χ3v) is 17.5. The molecule has 2 aliphatic heterocycles. The number of carbonyl (C=O) groups is 11. The van der Waals surface area contributed by atoms with Gasteiger partial charge in [-0.2, -0.15) is 0 Å². The highest BCUT2D eigenvalue weighted by Gasteiger charge is 2.41. The first-order valence-electron chi connectivity index (χ1n) is 34.7. The maximum atomic E-state index is 13.8. The first-order chi connectivity index (χ1) is 48.6. The second-order valence-corrected chi connectivity index (χ2v) is 26.9. The quantitative estimate of drug-likeness (QED) is 0.00725. The van der Waals surface area contributed by atoms with E-state index in [4.69, 9.17) is 72.4 Å². The standard InChI is InChI=1S/C39H50Cl2N2O9.C32H56N8O10/c1-8-33(45)52-35(34(41)26-13-10-9-11-14-26)24(4)29-15-12-16-32(44)43-28(21-25-17-18-30(49-7)27(40)20-25)36(46)42-22-39(5,6)38(48)51-31(19-23(2)3)37(47)50-29;1-23(2)25(22-24(41)10-14-47-16-18-49-20-21-50-19-17-48-15-12-37-39-34)30(44)38-26(6-4-11-36-32(33)46)28(42)8-9-29(43)40-13-5-7-27(40)31(45)35-3/h9-14,16-18,20,23-24,28-29,31,34-35H,8,15,19,21-22H2,1-7H3,(H,42,46)(H,43,44);23,25-27H,4-22H2,1-3H3,(H,35,45)(H,38,44)(H3,33,36,46)/b16-12+;/t24-,28+,29-,31-,34-,35+;25?,26-,27-/m00/s1. The number of likely N-dealkylation sites (N-methyl/N-ethyl adjacent to an activating group) is 1. The smallest absolute Gasteiger partial charge is 0.347 e. The number of methoxy groups -OCH3 is 1. The van der Waals surface area contributed by atoms with Gasteiger partial charge in [0.25, 0.3) is 0 Å². The molecular formula is C71H106Cl2N10O19. The number of Topliss-reactive ketones (excluding diaryl/α,β-unsaturated/α-hetero) is 2. The van der Waals surface area contributed by atoms with E-state index in [0.717, 1.165) is 0 Å². The highest BCUT2D eigenvalue weighted by atomic mass is 35.5. The summed E-state index contributed by atoms with van der Waals surface area (Å²) in [6.45, 7) is 17.3. The summed E-state index contributed by atoms with van der Waals surface area (Å²) >= 11 is 13.3. The van der Waals surface area contributed by atoms with Gasteiger partial charge in [0.15, 0.2) is 11.9 Å². The highest BCUT2D eigenvalue weighted by Crippen LogP contribution is 2.35. The number of nitrogens with two attached hydrogens (primary N) is 1. The molecule has 2 aromatic rings. The van der Waals surface area contributed by atoms with E-state index >= 15 is 0 Å². The summed E-state index contributed by atoms with van der Waals surface area (Å²) in [5.74, 6) is -5.87. The zero-order chi connectivity index (χ0) is 75.7. The number of cyclic esters (lactones) is 2. The van der Waals surface area contributed by atoms with Crippen LogP contribution in [0.3, 0.4) is 0 Å². The molecule has 31 heteroatoms. The van der Waals surface area contributed by atoms with Crippen LogP contribution in [-0.4, -0.2) is 200 Å². The molecule has 9 atom stereocenters. The maximum absolute atomic E-state index is 13.8. The Hall–Kier alpha value is -7.92. The number of azide groups is 1. The zero-order valence-electron chi connectivity index (χ0n) is 60.5. The monoisotopic (exact) mass is 1470 g/mol. The Bertz CT molecular complexity index is 3100. The number of nitrogens with zero attached hydrogens (tertiary/aromatic N) is 4. The molecule has 4 rings (SSSR count). The fourth-order valence-corrected chi connectivity index (χ4v) is 11.5. The number of ketones is 2. The van der Waals surface area contributed by atoms with Crippen LogP contribution in [0.4, 0.5) is 4.79 Å². The van der Waals surface area contributed by atoms with Crippen molar-refractivity contribution in [2.75, 3.05) is 93.2 Å². The van der Waals surface area contributed by atoms with Crippen molar-refractivity contribution >= 4 is 88.2 Å². The van der Waals surface area contributed by atoms with Gasteiger partial charge in [-0.15, -0.1) is 11.6 Å². The Morgan fingerprint density at radius 1 is 0.882 bits per heavy atom. The van der Waals surface area contributed by atoms with Gasteiger partial charge in [0, 0.05) is 94.9 Å². The van der Waals surface area contributed by atoms with Crippen molar-refractivity contribution < 1.29 is 90.6 Å². The highest BCUT2D eigenvalue weighted by molar-refractivity contribution is 6.32. The molecule has 0 bridgehead atoms. The van der Waals surface area contributed by atoms with Crippen molar-refractivity contribution in [3.05, 3.63) is 87.3 Å². The molecule has 7 N–H and O–H groups in total. The van der Waals surface area contributed by atoms with Crippen LogP contribution in [0.2, 0.25) is 5.02 Å². The van der Waals surface area contributed by atoms with Crippen LogP contribution in [-0.2, 0) is 87.5 Å². The Balaban J connectivity index is 0.000000531. The second kappa shape index (κ2) is 48.1. The molecule has 1 fully saturated rings. The van der Waals surface area contributed by atoms with E-state index in [1.165, 1.54) is 31.2 Å². The molecule has 2 aliphatic rings. The molecule has 29 nitrogen and oxygen atoms in total. The molecule has 0 aliphatic carbocycles. The molecule has 7 amide bonds. The number of halogens is 2. The normalized spacial score (nSPS) is 18.9. The first-order valence-corrected chi connectivity index (χ1v) is 35.5. The summed E-state index contributed by atoms with van der Waals surface area (Å²) in [6.07, 6.45) is 1.48. The molecule has 0 radical (unpaired) electrons. The van der Waals surface area contributed by atoms with Gasteiger partial charge in [0.05, 0.1) is 81.8 Å². The van der Waals surface area contributed by atoms with Gasteiger partial charge >= 0.3 is 23.9 Å². The van der Waals surface area contributed by atoms with Crippen LogP contribution in [0, 0.1) is 29.1 Å². The third kappa shape index (κ3) is 33.0. The van der Waals surface area contributed by atoms with Crippen LogP contribution in [0.25, 0.3) is 10.4 Å². The average molecular weight is 1470 g/mol. The largest absolute Gasteiger partial charge is 0.495 e. The predicted octanol–water partition coefficient (Wildman–Crippen LogP) is 7.29. The van der Waals surface area contributed by atoms with Gasteiger partial charge in [-0.3, -0.25) is 43.2 Å². The second-order valence-electron chi connectivity index (χ2n) is 26.0. The Morgan fingerprint density at radius 3 is 2.14 bits per heavy atom. The van der Waals surface area contributed by atoms with E-state index in [9.17, 15) is 52.7 Å². The number of likely N-dealkylation sites (tertiary alicyclic amines) is 1. The molecule has 568 valence electrons. The molecule has 0 aromatic heterocycles. The summed E-state index contributed by atoms with van der Waals surface area (Å²) in [5, 5.41) is 16.2. The van der Waals surface area contributed by atoms with Crippen molar-refractivity contribution in [2.45, 2.75) is 174 Å². The number of urea groups is 1. The first kappa shape index (κ1) is 88.3. The summed E-state index contributed by atoms with van der Waals surface area (Å²) in [5.41, 5.74) is 13.4. The number of ether oxygens (including phenoxy) is 8. The lowest BCUT2D eigenvalue weighted by Crippen LogP contribution is -2.51. The number of amides is 7. The molecule has 0 saturated carbocycles. The fourth-order valence-electron chi connectivity index (χ4n) is 10.8. The Labute approximate surface area is 608 Å². The number of carbonyl (C=O) groups excluding carboxylic acids is 11. The zero-order valence-corrected chi connectivity index (χ0v) is 62.0. The van der Waals surface area contributed by atoms with E-state index < -0.39 is 101 Å². The fraction of sp³-hybridized carbons (Fsp3) is 0.648. The molecule has 102 heavy (non-hydrogen) atoms. The van der Waals surface area contributed by atoms with Crippen LogP contribution in [0.15, 0.2) is 65.8 Å². The minimum Gasteiger partial charge on any atom is -0.495 e. The molecule has 2 aromatic carbocycles. The lowest BCUT2D eigenvalue weighted by molar-refractivity contribution is -0.181. The summed E-state index contributed by atoms with van der Waals surface area (Å²) in [7, 11) is 3.00. The number of alkyl halides is 1. The van der Waals surface area contributed by atoms with Gasteiger partial charge in [-0.05, 0) is 92.7 Å². The van der Waals surface area contributed by atoms with E-state index in [0.29, 0.717) is 87.3 Å². The molecule has 1 saturated heterocycles. The van der Waals surface area contributed by atoms with Crippen molar-refractivity contribution in [3.8, 4) is 5.75 Å². The lowest BCUT2D eigenvalue weighted by Gasteiger charge is -2.34. The number of hydrogen-bond acceptors (Lipinski definition) is 20. The minimum atomic E-state index is -1.28. The number of primary amides is 1. The topological polar surface area (TPSA) is 400 Å². The molecule has 2 heterocycles. The van der Waals surface area contributed by atoms with Crippen LogP contribution < -0.4 is 37.1 Å². The SMILES string of the molecule is CCC(=O)O[C@H]([C@@H](C)[C@@H]1C/C=C/C(=O)N[C@H](Cc2ccc(OC)c(Cl)c2)C(=O)NCC(C)(C)C(=O)O[C@@H](CC(C)C)C(=O)O1)[C@@H](Cl)c1ccccc1.CNC(=O)[C@@H]1CCCN1C(=O)CCC(=O)[C@H](CCCNC(N)=O)NC(=O)C(CC(=O)CCOCCOCCOCCOCCN=[N+]=[N-])C(C)C. The number of benzene rings is 2. The molecule has 1 unspecified atom stereocenters. The van der Waals surface area contributed by atoms with Gasteiger partial charge in [-0.25, -0.2) is 9.59 Å². The van der Waals surface area contributed by atoms with Gasteiger partial charge in [-0.1, -0.05) is 101 Å². The number of hydrogen-bond donors (Lipinski definition) is 6. The van der Waals surface area contributed by atoms with Gasteiger partial charge < -0.3 is 75.1 Å². The van der Waals surface area contributed by atoms with E-state index in [1.54, 1.807) is 58.0 Å². The molecular weight excluding hydrogens is 1370 g/mol. The molecule has 0 spiro atoms. The van der Waals surface area contributed by atoms with Gasteiger partial charge in [0.2, 0.25) is 29.5 Å². The van der Waals surface area contributed by atoms with E-state index in [-0.39, 0.29) is 126 Å². The minimum absolute atomic E-state index is 0.00229. The van der Waals surface area contributed by atoms with Crippen molar-refractivity contribution in [2.24, 2.45) is 39.9 Å². The van der Waals surface area contributed by atoms with Crippen molar-refractivity contribution in [1.82, 2.24) is 31.5 Å². The van der Waals surface area contributed by atoms with Crippen LogP contribution in [0.1, 0.15) is 143 Å². The van der Waals surface area contributed by atoms with Crippen molar-refractivity contribution in [3.63, 3.8) is 0 Å². The number of esters is 3. The average Bonchev–Trinajstić information content (AvgIpc) is 0.961. The summed E-state index contributed by atoms with van der Waals surface area (Å²) in [6, 6.07) is 10.8. The maximum Gasteiger partial charge on any atom is 0.347 e. The van der Waals surface area contributed by atoms with E-state index in [1.807, 2.05) is 45.9 Å². The lowest BCUT2D eigenvalue weighted by atomic mass is 9.88. The summed E-state index contributed by atoms with van der Waals surface area (Å²) in [4.78, 5) is 147. The predicted molar refractivity (Wildman–Crippen MR) is 379 cm³/mol. The number of nitrogens with one attached hydrogen (secondary N) is 5. The van der Waals surface area contributed by atoms with Gasteiger partial charge in [0.1, 0.15) is 35.8 Å². The summed E-state index contributed by atoms with van der Waals surface area (Å²) < 4.78 is 44.5. The third-order valence-electron chi connectivity index (χ3n) is 16.7. The van der Waals surface area contributed by atoms with Crippen LogP contribution >= 0.6 is 23.2 Å². The van der Waals surface area contributed by atoms with Crippen molar-refractivity contribution in [1.29, 1.82) is 0 Å². The number of rotatable bonds is 40. The van der Waals surface area contributed by atoms with Crippen LogP contribution in [0.5, 0.6) is 5.75 Å². The Kier molecular flexibility index (Phi) is 41.6. The van der Waals surface area contributed by atoms with E-state index in [2.05, 4.69) is 36.6 Å². The Morgan fingerprint density at radius 2 is 1.54 bits per heavy atom.